The molecule has 2 N–H and O–H groups in total. The smallest absolute Gasteiger partial charge is 0.244 e. The Morgan fingerprint density at radius 1 is 1.35 bits per heavy atom. The molecule has 2 heterocycles. The first-order valence-electron chi connectivity index (χ1n) is 5.90. The number of rotatable bonds is 2. The Bertz CT molecular complexity index is 497. The summed E-state index contributed by atoms with van der Waals surface area (Å²) in [5.74, 6) is 0.461. The zero-order valence-corrected chi connectivity index (χ0v) is 10.2. The first-order valence-corrected chi connectivity index (χ1v) is 7.34. The molecule has 0 aromatic carbocycles. The molecule has 1 saturated carbocycles. The fourth-order valence-electron chi connectivity index (χ4n) is 3.01. The lowest BCUT2D eigenvalue weighted by Crippen LogP contribution is -2.30. The highest BCUT2D eigenvalue weighted by Crippen LogP contribution is 2.39. The van der Waals surface area contributed by atoms with Crippen LogP contribution in [0.2, 0.25) is 0 Å². The van der Waals surface area contributed by atoms with Gasteiger partial charge in [0.1, 0.15) is 0 Å². The largest absolute Gasteiger partial charge is 0.393 e. The van der Waals surface area contributed by atoms with Crippen molar-refractivity contribution in [3.05, 3.63) is 18.5 Å². The Labute approximate surface area is 100 Å². The minimum absolute atomic E-state index is 0.128. The van der Waals surface area contributed by atoms with Crippen LogP contribution in [0.15, 0.2) is 23.4 Å². The summed E-state index contributed by atoms with van der Waals surface area (Å²) in [5, 5.41) is 9.79. The predicted octanol–water partition coefficient (Wildman–Crippen LogP) is 0.406. The van der Waals surface area contributed by atoms with E-state index in [0.29, 0.717) is 23.9 Å². The van der Waals surface area contributed by atoms with Crippen LogP contribution in [-0.4, -0.2) is 42.0 Å². The third-order valence-corrected chi connectivity index (χ3v) is 5.82. The highest BCUT2D eigenvalue weighted by atomic mass is 32.2. The van der Waals surface area contributed by atoms with Crippen LogP contribution in [0, 0.1) is 11.8 Å². The molecule has 2 fully saturated rings. The van der Waals surface area contributed by atoms with E-state index in [0.717, 1.165) is 12.8 Å². The number of H-pyrrole nitrogens is 1. The first kappa shape index (κ1) is 11.3. The molecular weight excluding hydrogens is 240 g/mol. The van der Waals surface area contributed by atoms with Crippen LogP contribution in [0.5, 0.6) is 0 Å². The second-order valence-electron chi connectivity index (χ2n) is 4.94. The van der Waals surface area contributed by atoms with Crippen LogP contribution in [-0.2, 0) is 10.0 Å². The van der Waals surface area contributed by atoms with E-state index < -0.39 is 10.0 Å². The summed E-state index contributed by atoms with van der Waals surface area (Å²) in [7, 11) is -3.37. The van der Waals surface area contributed by atoms with Gasteiger partial charge in [-0.1, -0.05) is 0 Å². The molecule has 17 heavy (non-hydrogen) atoms. The van der Waals surface area contributed by atoms with Crippen molar-refractivity contribution >= 4 is 10.0 Å². The van der Waals surface area contributed by atoms with Crippen molar-refractivity contribution in [2.75, 3.05) is 13.1 Å². The molecule has 3 rings (SSSR count). The highest BCUT2D eigenvalue weighted by molar-refractivity contribution is 7.89. The molecule has 1 aliphatic heterocycles. The van der Waals surface area contributed by atoms with E-state index in [1.165, 1.54) is 10.5 Å². The van der Waals surface area contributed by atoms with E-state index in [2.05, 4.69) is 4.98 Å². The van der Waals surface area contributed by atoms with Gasteiger partial charge in [0.25, 0.3) is 0 Å². The van der Waals surface area contributed by atoms with Gasteiger partial charge in [-0.15, -0.1) is 0 Å². The van der Waals surface area contributed by atoms with Crippen molar-refractivity contribution < 1.29 is 13.5 Å². The van der Waals surface area contributed by atoms with Gasteiger partial charge in [-0.05, 0) is 24.8 Å². The van der Waals surface area contributed by atoms with Gasteiger partial charge in [-0.25, -0.2) is 8.42 Å². The normalized spacial score (nSPS) is 34.1. The van der Waals surface area contributed by atoms with Gasteiger partial charge >= 0.3 is 0 Å². The predicted molar refractivity (Wildman–Crippen MR) is 61.8 cm³/mol. The van der Waals surface area contributed by atoms with Gasteiger partial charge < -0.3 is 10.1 Å². The Hall–Kier alpha value is -0.850. The Balaban J connectivity index is 1.84. The van der Waals surface area contributed by atoms with Gasteiger partial charge in [0, 0.05) is 31.4 Å². The van der Waals surface area contributed by atoms with Crippen LogP contribution in [0.4, 0.5) is 0 Å². The van der Waals surface area contributed by atoms with E-state index in [1.54, 1.807) is 12.3 Å². The quantitative estimate of drug-likeness (QED) is 0.804. The topological polar surface area (TPSA) is 73.4 Å². The Morgan fingerprint density at radius 2 is 2.18 bits per heavy atom. The van der Waals surface area contributed by atoms with Gasteiger partial charge in [-0.3, -0.25) is 0 Å². The molecular formula is C11H16N2O3S. The Kier molecular flexibility index (Phi) is 2.53. The standard InChI is InChI=1S/C11H16N2O3S/c14-11-2-1-8-6-13(7-10(8)11)17(15,16)9-3-4-12-5-9/h3-5,8,10-12,14H,1-2,6-7H2. The molecule has 0 amide bonds. The van der Waals surface area contributed by atoms with Crippen molar-refractivity contribution in [1.82, 2.24) is 9.29 Å². The van der Waals surface area contributed by atoms with Gasteiger partial charge in [0.05, 0.1) is 11.0 Å². The minimum Gasteiger partial charge on any atom is -0.393 e. The summed E-state index contributed by atoms with van der Waals surface area (Å²) >= 11 is 0. The minimum atomic E-state index is -3.37. The maximum Gasteiger partial charge on any atom is 0.244 e. The highest BCUT2D eigenvalue weighted by Gasteiger charge is 2.45. The van der Waals surface area contributed by atoms with Crippen LogP contribution in [0.1, 0.15) is 12.8 Å². The van der Waals surface area contributed by atoms with Crippen molar-refractivity contribution in [2.24, 2.45) is 11.8 Å². The van der Waals surface area contributed by atoms with Crippen molar-refractivity contribution in [1.29, 1.82) is 0 Å². The molecule has 94 valence electrons. The number of fused-ring (bicyclic) bond motifs is 1. The zero-order chi connectivity index (χ0) is 12.0. The average Bonchev–Trinajstić information content (AvgIpc) is 2.96. The molecule has 0 bridgehead atoms. The van der Waals surface area contributed by atoms with E-state index in [-0.39, 0.29) is 12.0 Å². The van der Waals surface area contributed by atoms with E-state index in [1.807, 2.05) is 0 Å². The average molecular weight is 256 g/mol. The Morgan fingerprint density at radius 3 is 2.82 bits per heavy atom. The second-order valence-corrected chi connectivity index (χ2v) is 6.88. The SMILES string of the molecule is O=S(=O)(c1cc[nH]c1)N1CC2CCC(O)C2C1. The third kappa shape index (κ3) is 1.71. The van der Waals surface area contributed by atoms with Crippen molar-refractivity contribution in [3.8, 4) is 0 Å². The monoisotopic (exact) mass is 256 g/mol. The van der Waals surface area contributed by atoms with Crippen LogP contribution < -0.4 is 0 Å². The molecule has 0 spiro atoms. The zero-order valence-electron chi connectivity index (χ0n) is 9.41. The number of sulfonamides is 1. The molecule has 3 atom stereocenters. The summed E-state index contributed by atoms with van der Waals surface area (Å²) in [5.41, 5.74) is 0. The summed E-state index contributed by atoms with van der Waals surface area (Å²) in [4.78, 5) is 3.08. The molecule has 5 nitrogen and oxygen atoms in total. The van der Waals surface area contributed by atoms with Crippen molar-refractivity contribution in [3.63, 3.8) is 0 Å². The molecule has 1 saturated heterocycles. The molecule has 3 unspecified atom stereocenters. The maximum absolute atomic E-state index is 12.3. The number of aromatic nitrogens is 1. The number of hydrogen-bond acceptors (Lipinski definition) is 3. The van der Waals surface area contributed by atoms with Crippen LogP contribution in [0.25, 0.3) is 0 Å². The number of aliphatic hydroxyl groups is 1. The second kappa shape index (κ2) is 3.83. The van der Waals surface area contributed by atoms with E-state index in [4.69, 9.17) is 0 Å². The molecule has 1 aliphatic carbocycles. The molecule has 0 radical (unpaired) electrons. The molecule has 1 aromatic heterocycles. The van der Waals surface area contributed by atoms with Gasteiger partial charge in [-0.2, -0.15) is 4.31 Å². The molecule has 6 heteroatoms. The lowest BCUT2D eigenvalue weighted by Gasteiger charge is -2.17. The van der Waals surface area contributed by atoms with Crippen LogP contribution in [0.3, 0.4) is 0 Å². The van der Waals surface area contributed by atoms with Gasteiger partial charge in [0.2, 0.25) is 10.0 Å². The number of aromatic amines is 1. The third-order valence-electron chi connectivity index (χ3n) is 3.99. The van der Waals surface area contributed by atoms with Crippen molar-refractivity contribution in [2.45, 2.75) is 23.8 Å². The molecule has 1 aromatic rings. The first-order chi connectivity index (χ1) is 8.09. The molecule has 2 aliphatic rings. The lowest BCUT2D eigenvalue weighted by molar-refractivity contribution is 0.129. The number of hydrogen-bond donors (Lipinski definition) is 2. The summed E-state index contributed by atoms with van der Waals surface area (Å²) < 4.78 is 26.0. The van der Waals surface area contributed by atoms with Gasteiger partial charge in [0.15, 0.2) is 0 Å². The summed E-state index contributed by atoms with van der Waals surface area (Å²) in [6.07, 6.45) is 4.53. The fourth-order valence-corrected chi connectivity index (χ4v) is 4.52. The summed E-state index contributed by atoms with van der Waals surface area (Å²) in [6, 6.07) is 1.57. The number of aliphatic hydroxyl groups excluding tert-OH is 1. The van der Waals surface area contributed by atoms with E-state index in [9.17, 15) is 13.5 Å². The lowest BCUT2D eigenvalue weighted by atomic mass is 10.00. The maximum atomic E-state index is 12.3. The van der Waals surface area contributed by atoms with Crippen LogP contribution >= 0.6 is 0 Å². The number of nitrogens with one attached hydrogen (secondary N) is 1. The van der Waals surface area contributed by atoms with E-state index >= 15 is 0 Å². The number of nitrogens with zero attached hydrogens (tertiary/aromatic N) is 1. The fraction of sp³-hybridized carbons (Fsp3) is 0.636. The summed E-state index contributed by atoms with van der Waals surface area (Å²) in [6.45, 7) is 1.01.